The molecule has 0 aliphatic carbocycles. The Morgan fingerprint density at radius 3 is 2.59 bits per heavy atom. The number of rotatable bonds is 8. The number of ether oxygens (including phenoxy) is 2. The van der Waals surface area contributed by atoms with Crippen molar-refractivity contribution < 1.29 is 32.2 Å². The van der Waals surface area contributed by atoms with Crippen molar-refractivity contribution in [1.82, 2.24) is 9.80 Å². The maximum absolute atomic E-state index is 13.1. The van der Waals surface area contributed by atoms with Crippen molar-refractivity contribution in [2.75, 3.05) is 25.5 Å². The number of epoxide rings is 1. The van der Waals surface area contributed by atoms with Gasteiger partial charge in [-0.3, -0.25) is 14.5 Å². The van der Waals surface area contributed by atoms with E-state index in [-0.39, 0.29) is 46.9 Å². The monoisotopic (exact) mass is 539 g/mol. The molecule has 7 nitrogen and oxygen atoms in total. The number of carbonyl (C=O) groups is 2. The maximum atomic E-state index is 13.1. The Morgan fingerprint density at radius 2 is 1.92 bits per heavy atom. The molecule has 2 saturated heterocycles. The fourth-order valence-corrected chi connectivity index (χ4v) is 4.90. The Kier molecular flexibility index (Phi) is 8.30. The predicted octanol–water partition coefficient (Wildman–Crippen LogP) is 5.29. The zero-order chi connectivity index (χ0) is 26.7. The molecule has 3 atom stereocenters. The number of carbonyl (C=O) groups excluding carboxylic acids is 2. The molecule has 0 bridgehead atoms. The first kappa shape index (κ1) is 27.2. The Balaban J connectivity index is 1.43. The molecule has 0 aromatic heterocycles. The van der Waals surface area contributed by atoms with Crippen molar-refractivity contribution in [2.24, 2.45) is 0 Å². The lowest BCUT2D eigenvalue weighted by Crippen LogP contribution is -2.50. The van der Waals surface area contributed by atoms with Gasteiger partial charge in [0.15, 0.2) is 0 Å². The molecule has 2 aliphatic heterocycles. The van der Waals surface area contributed by atoms with Crippen LogP contribution in [-0.2, 0) is 14.3 Å². The van der Waals surface area contributed by atoms with Crippen molar-refractivity contribution in [3.8, 4) is 16.9 Å². The minimum atomic E-state index is -4.85. The third-order valence-electron chi connectivity index (χ3n) is 6.56. The van der Waals surface area contributed by atoms with Gasteiger partial charge in [-0.2, -0.15) is 0 Å². The van der Waals surface area contributed by atoms with E-state index in [0.717, 1.165) is 12.8 Å². The highest BCUT2D eigenvalue weighted by Gasteiger charge is 2.38. The van der Waals surface area contributed by atoms with Crippen LogP contribution < -0.4 is 10.1 Å². The number of likely N-dealkylation sites (tertiary alicyclic amines) is 1. The minimum Gasteiger partial charge on any atom is -0.405 e. The molecule has 2 aliphatic rings. The SMILES string of the molecule is CC1OC1N(C)CCC(=O)N1CCCCC1C(=O)Nc1ccc(-c2ccccc2OC(F)(F)F)c(Cl)c1. The van der Waals surface area contributed by atoms with Crippen LogP contribution in [0.15, 0.2) is 42.5 Å². The summed E-state index contributed by atoms with van der Waals surface area (Å²) < 4.78 is 48.0. The molecule has 2 fully saturated rings. The Labute approximate surface area is 218 Å². The molecule has 4 rings (SSSR count). The summed E-state index contributed by atoms with van der Waals surface area (Å²) in [6, 6.07) is 9.64. The van der Waals surface area contributed by atoms with Crippen LogP contribution in [0.1, 0.15) is 32.6 Å². The normalized spacial score (nSPS) is 21.6. The molecule has 2 aromatic rings. The molecule has 3 unspecified atom stereocenters. The number of nitrogens with one attached hydrogen (secondary N) is 1. The number of likely N-dealkylation sites (N-methyl/N-ethyl adjacent to an activating group) is 1. The van der Waals surface area contributed by atoms with Gasteiger partial charge in [0.25, 0.3) is 0 Å². The van der Waals surface area contributed by atoms with E-state index in [1.807, 2.05) is 18.9 Å². The van der Waals surface area contributed by atoms with Crippen molar-refractivity contribution >= 4 is 29.1 Å². The number of hydrogen-bond donors (Lipinski definition) is 1. The van der Waals surface area contributed by atoms with Crippen LogP contribution >= 0.6 is 11.6 Å². The first-order chi connectivity index (χ1) is 17.5. The lowest BCUT2D eigenvalue weighted by atomic mass is 10.0. The van der Waals surface area contributed by atoms with Gasteiger partial charge >= 0.3 is 6.36 Å². The molecule has 37 heavy (non-hydrogen) atoms. The Hall–Kier alpha value is -2.82. The first-order valence-corrected chi connectivity index (χ1v) is 12.5. The van der Waals surface area contributed by atoms with Gasteiger partial charge in [0.05, 0.1) is 11.1 Å². The molecule has 1 N–H and O–H groups in total. The van der Waals surface area contributed by atoms with E-state index in [1.165, 1.54) is 30.3 Å². The summed E-state index contributed by atoms with van der Waals surface area (Å²) in [6.07, 6.45) is -2.17. The third kappa shape index (κ3) is 6.94. The van der Waals surface area contributed by atoms with Crippen LogP contribution in [0, 0.1) is 0 Å². The van der Waals surface area contributed by atoms with E-state index in [9.17, 15) is 22.8 Å². The van der Waals surface area contributed by atoms with Crippen molar-refractivity contribution in [3.05, 3.63) is 47.5 Å². The molecule has 0 saturated carbocycles. The largest absolute Gasteiger partial charge is 0.573 e. The fraction of sp³-hybridized carbons (Fsp3) is 0.462. The first-order valence-electron chi connectivity index (χ1n) is 12.1. The molecule has 11 heteroatoms. The number of anilines is 1. The number of benzene rings is 2. The van der Waals surface area contributed by atoms with Gasteiger partial charge in [0.1, 0.15) is 18.0 Å². The summed E-state index contributed by atoms with van der Waals surface area (Å²) >= 11 is 6.40. The van der Waals surface area contributed by atoms with E-state index < -0.39 is 12.4 Å². The van der Waals surface area contributed by atoms with Gasteiger partial charge in [-0.1, -0.05) is 35.9 Å². The van der Waals surface area contributed by atoms with Crippen LogP contribution in [0.5, 0.6) is 5.75 Å². The van der Waals surface area contributed by atoms with Crippen LogP contribution in [0.4, 0.5) is 18.9 Å². The van der Waals surface area contributed by atoms with Crippen LogP contribution in [0.3, 0.4) is 0 Å². The summed E-state index contributed by atoms with van der Waals surface area (Å²) in [5, 5.41) is 2.95. The van der Waals surface area contributed by atoms with Crippen LogP contribution in [0.2, 0.25) is 5.02 Å². The number of amides is 2. The molecule has 2 aromatic carbocycles. The van der Waals surface area contributed by atoms with Crippen molar-refractivity contribution in [3.63, 3.8) is 0 Å². The second-order valence-electron chi connectivity index (χ2n) is 9.29. The van der Waals surface area contributed by atoms with Gasteiger partial charge < -0.3 is 19.7 Å². The lowest BCUT2D eigenvalue weighted by Gasteiger charge is -2.35. The van der Waals surface area contributed by atoms with E-state index in [1.54, 1.807) is 17.0 Å². The standard InChI is InChI=1S/C26H29ClF3N3O4/c1-16-25(36-16)32(2)14-12-23(34)33-13-6-5-8-21(33)24(35)31-17-10-11-18(20(27)15-17)19-7-3-4-9-22(19)37-26(28,29)30/h3-4,7,9-11,15-16,21,25H,5-6,8,12-14H2,1-2H3,(H,31,35). The third-order valence-corrected chi connectivity index (χ3v) is 6.87. The highest BCUT2D eigenvalue weighted by Crippen LogP contribution is 2.38. The highest BCUT2D eigenvalue weighted by atomic mass is 35.5. The van der Waals surface area contributed by atoms with Gasteiger partial charge in [0.2, 0.25) is 11.8 Å². The smallest absolute Gasteiger partial charge is 0.405 e. The zero-order valence-corrected chi connectivity index (χ0v) is 21.3. The number of nitrogens with zero attached hydrogens (tertiary/aromatic N) is 2. The molecular weight excluding hydrogens is 511 g/mol. The average molecular weight is 540 g/mol. The molecule has 200 valence electrons. The molecular formula is C26H29ClF3N3O4. The van der Waals surface area contributed by atoms with Crippen molar-refractivity contribution in [1.29, 1.82) is 0 Å². The Morgan fingerprint density at radius 1 is 1.19 bits per heavy atom. The van der Waals surface area contributed by atoms with E-state index in [4.69, 9.17) is 16.3 Å². The van der Waals surface area contributed by atoms with Gasteiger partial charge in [-0.25, -0.2) is 0 Å². The summed E-state index contributed by atoms with van der Waals surface area (Å²) in [7, 11) is 1.91. The predicted molar refractivity (Wildman–Crippen MR) is 133 cm³/mol. The van der Waals surface area contributed by atoms with Gasteiger partial charge in [0, 0.05) is 36.3 Å². The highest BCUT2D eigenvalue weighted by molar-refractivity contribution is 6.33. The van der Waals surface area contributed by atoms with E-state index >= 15 is 0 Å². The topological polar surface area (TPSA) is 74.4 Å². The van der Waals surface area contributed by atoms with Gasteiger partial charge in [-0.15, -0.1) is 13.2 Å². The Bertz CT molecular complexity index is 1150. The van der Waals surface area contributed by atoms with Crippen molar-refractivity contribution in [2.45, 2.75) is 57.3 Å². The van der Waals surface area contributed by atoms with Gasteiger partial charge in [-0.05, 0) is 51.4 Å². The van der Waals surface area contributed by atoms with Crippen LogP contribution in [-0.4, -0.2) is 66.5 Å². The number of halogens is 4. The van der Waals surface area contributed by atoms with E-state index in [2.05, 4.69) is 10.1 Å². The molecule has 0 radical (unpaired) electrons. The summed E-state index contributed by atoms with van der Waals surface area (Å²) in [6.45, 7) is 3.02. The van der Waals surface area contributed by atoms with E-state index in [0.29, 0.717) is 30.8 Å². The zero-order valence-electron chi connectivity index (χ0n) is 20.6. The number of alkyl halides is 3. The maximum Gasteiger partial charge on any atom is 0.573 e. The summed E-state index contributed by atoms with van der Waals surface area (Å²) in [4.78, 5) is 29.7. The number of para-hydroxylation sites is 1. The second kappa shape index (κ2) is 11.3. The average Bonchev–Trinajstić information content (AvgIpc) is 3.58. The minimum absolute atomic E-state index is 0.0351. The summed E-state index contributed by atoms with van der Waals surface area (Å²) in [5.41, 5.74) is 0.875. The second-order valence-corrected chi connectivity index (χ2v) is 9.70. The van der Waals surface area contributed by atoms with Crippen LogP contribution in [0.25, 0.3) is 11.1 Å². The lowest BCUT2D eigenvalue weighted by molar-refractivity contribution is -0.274. The number of piperidine rings is 1. The number of hydrogen-bond acceptors (Lipinski definition) is 5. The summed E-state index contributed by atoms with van der Waals surface area (Å²) in [5.74, 6) is -0.793. The quantitative estimate of drug-likeness (QED) is 0.461. The molecule has 2 amide bonds. The fourth-order valence-electron chi connectivity index (χ4n) is 4.62. The molecule has 2 heterocycles. The molecule has 0 spiro atoms.